The minimum absolute atomic E-state index is 0.602. The van der Waals surface area contributed by atoms with Crippen LogP contribution in [0.15, 0.2) is 0 Å². The molecule has 0 amide bonds. The van der Waals surface area contributed by atoms with E-state index in [4.69, 9.17) is 0 Å². The molecule has 0 saturated carbocycles. The second kappa shape index (κ2) is 2.37. The van der Waals surface area contributed by atoms with E-state index in [2.05, 4.69) is 20.8 Å². The fraction of sp³-hybridized carbons (Fsp3) is 1.00. The third kappa shape index (κ3) is 1.06. The lowest BCUT2D eigenvalue weighted by molar-refractivity contribution is 0.724. The maximum absolute atomic E-state index is 2.51. The highest BCUT2D eigenvalue weighted by Gasteiger charge is 2.12. The Balaban J connectivity index is 2.42. The van der Waals surface area contributed by atoms with Crippen molar-refractivity contribution in [2.75, 3.05) is 0 Å². The van der Waals surface area contributed by atoms with Crippen LogP contribution in [0.25, 0.3) is 0 Å². The quantitative estimate of drug-likeness (QED) is 0.398. The van der Waals surface area contributed by atoms with Gasteiger partial charge in [0.25, 0.3) is 0 Å². The minimum Gasteiger partial charge on any atom is -0.303 e. The van der Waals surface area contributed by atoms with Crippen molar-refractivity contribution in [3.63, 3.8) is 0 Å². The minimum atomic E-state index is 0.602. The summed E-state index contributed by atoms with van der Waals surface area (Å²) in [7, 11) is 4.07. The largest absolute Gasteiger partial charge is 0.303 e. The van der Waals surface area contributed by atoms with E-state index in [0.29, 0.717) is 13.3 Å². The van der Waals surface area contributed by atoms with Gasteiger partial charge in [-0.25, -0.2) is 7.55 Å². The van der Waals surface area contributed by atoms with Gasteiger partial charge in [-0.1, -0.05) is 25.9 Å². The normalized spacial score (nSPS) is 24.5. The van der Waals surface area contributed by atoms with E-state index >= 15 is 0 Å². The maximum atomic E-state index is 2.51. The van der Waals surface area contributed by atoms with E-state index in [9.17, 15) is 0 Å². The second-order valence-corrected chi connectivity index (χ2v) is 41.5. The lowest BCUT2D eigenvalue weighted by Crippen LogP contribution is -1.96. The van der Waals surface area contributed by atoms with Gasteiger partial charge < -0.3 is 13.9 Å². The molecule has 4 aromatic heterocycles. The number of hydrogen-bond acceptors (Lipinski definition) is 0. The van der Waals surface area contributed by atoms with Gasteiger partial charge >= 0.3 is 0 Å². The summed E-state index contributed by atoms with van der Waals surface area (Å²) in [6.07, 6.45) is 2.89. The summed E-state index contributed by atoms with van der Waals surface area (Å²) < 4.78 is 0. The first kappa shape index (κ1) is 8.41. The fourth-order valence-corrected chi connectivity index (χ4v) is 168. The number of rotatable bonds is 0. The SMILES string of the molecule is CC(C)(C)p1p2[p-]p3p([p-]2)p13. The molecule has 7 heteroatoms. The van der Waals surface area contributed by atoms with Crippen LogP contribution in [-0.4, -0.2) is 0 Å². The van der Waals surface area contributed by atoms with Crippen LogP contribution in [0.3, 0.4) is 0 Å². The van der Waals surface area contributed by atoms with Crippen LogP contribution in [0, 0.1) is 0 Å². The van der Waals surface area contributed by atoms with Gasteiger partial charge in [-0.2, -0.15) is 0 Å². The van der Waals surface area contributed by atoms with Crippen LogP contribution in [0.5, 0.6) is 0 Å². The first-order valence-electron chi connectivity index (χ1n) is 3.52. The lowest BCUT2D eigenvalue weighted by atomic mass is 10.3. The van der Waals surface area contributed by atoms with Crippen LogP contribution in [0.2, 0.25) is 0 Å². The van der Waals surface area contributed by atoms with E-state index in [1.165, 1.54) is 0 Å². The topological polar surface area (TPSA) is 0 Å². The first-order valence-corrected chi connectivity index (χ1v) is 18.4. The zero-order valence-electron chi connectivity index (χ0n) is 6.63. The zero-order valence-corrected chi connectivity index (χ0v) is 12.9. The monoisotopic (exact) mass is 274 g/mol. The van der Waals surface area contributed by atoms with Crippen molar-refractivity contribution in [2.24, 2.45) is 0 Å². The molecule has 0 aromatic carbocycles. The van der Waals surface area contributed by atoms with Crippen LogP contribution >= 0.6 is 47.5 Å². The van der Waals surface area contributed by atoms with E-state index < -0.39 is 0 Å². The van der Waals surface area contributed by atoms with Crippen LogP contribution < -0.4 is 0 Å². The van der Waals surface area contributed by atoms with Gasteiger partial charge in [-0.15, -0.1) is 0 Å². The van der Waals surface area contributed by atoms with Crippen LogP contribution in [0.4, 0.5) is 0 Å². The highest BCUT2D eigenvalue weighted by Crippen LogP contribution is 3.09. The van der Waals surface area contributed by atoms with E-state index in [0.717, 1.165) is 24.3 Å². The third-order valence-corrected chi connectivity index (χ3v) is 80.7. The predicted octanol–water partition coefficient (Wildman–Crippen LogP) is 7.47. The summed E-state index contributed by atoms with van der Waals surface area (Å²) in [5, 5.41) is 0.747. The molecule has 3 atom stereocenters. The molecule has 0 spiro atoms. The molecule has 4 heterocycles. The van der Waals surface area contributed by atoms with Gasteiger partial charge in [0.05, 0.1) is 0 Å². The lowest BCUT2D eigenvalue weighted by Gasteiger charge is -2.28. The van der Waals surface area contributed by atoms with E-state index in [1.807, 2.05) is 15.1 Å². The maximum Gasteiger partial charge on any atom is -0.0565 e. The van der Waals surface area contributed by atoms with Gasteiger partial charge in [-0.3, -0.25) is 26.0 Å². The Labute approximate surface area is 73.5 Å². The molecule has 0 fully saturated rings. The Morgan fingerprint density at radius 1 is 1.00 bits per heavy atom. The number of hydrogen-bond donors (Lipinski definition) is 0. The highest BCUT2D eigenvalue weighted by atomic mass is 33.1. The van der Waals surface area contributed by atoms with Gasteiger partial charge in [0, 0.05) is 0 Å². The van der Waals surface area contributed by atoms with Crippen molar-refractivity contribution < 1.29 is 0 Å². The molecule has 11 heavy (non-hydrogen) atoms. The van der Waals surface area contributed by atoms with Crippen molar-refractivity contribution in [1.82, 2.24) is 0 Å². The summed E-state index contributed by atoms with van der Waals surface area (Å²) in [5.74, 6) is 0. The molecule has 4 rings (SSSR count). The van der Waals surface area contributed by atoms with Crippen LogP contribution in [-0.2, 0) is 5.16 Å². The average Bonchev–Trinajstić information content (AvgIpc) is 2.35. The summed E-state index contributed by atoms with van der Waals surface area (Å²) in [6, 6.07) is 0. The molecule has 0 saturated heterocycles. The third-order valence-electron chi connectivity index (χ3n) is 1.71. The van der Waals surface area contributed by atoms with E-state index in [-0.39, 0.29) is 0 Å². The zero-order chi connectivity index (χ0) is 7.80. The van der Waals surface area contributed by atoms with Crippen molar-refractivity contribution in [3.8, 4) is 0 Å². The molecule has 0 aliphatic rings. The summed E-state index contributed by atoms with van der Waals surface area (Å²) in [6.45, 7) is 8.14. The molecule has 62 valence electrons. The molecule has 0 radical (unpaired) electrons. The Morgan fingerprint density at radius 2 is 1.55 bits per heavy atom. The molecule has 3 unspecified atom stereocenters. The predicted molar refractivity (Wildman–Crippen MR) is 68.0 cm³/mol. The first-order chi connectivity index (χ1) is 5.09. The molecule has 0 N–H and O–H groups in total. The molecule has 4 aromatic rings. The fourth-order valence-electron chi connectivity index (χ4n) is 1.25. The standard InChI is InChI=1S/C4H9P7/c1-4(2,3)7-8-5-9-10(6-8)11(7)9/h1-3H3/q-2. The van der Waals surface area contributed by atoms with Gasteiger partial charge in [-0.05, 0) is 0 Å². The molecule has 0 aliphatic carbocycles. The summed E-state index contributed by atoms with van der Waals surface area (Å²) >= 11 is 0. The Bertz CT molecular complexity index is 441. The van der Waals surface area contributed by atoms with Gasteiger partial charge in [0.1, 0.15) is 0 Å². The van der Waals surface area contributed by atoms with Gasteiger partial charge in [0.2, 0.25) is 0 Å². The smallest absolute Gasteiger partial charge is 0.0565 e. The van der Waals surface area contributed by atoms with Crippen molar-refractivity contribution >= 4 is 47.5 Å². The molecule has 0 aliphatic heterocycles. The Morgan fingerprint density at radius 3 is 1.73 bits per heavy atom. The summed E-state index contributed by atoms with van der Waals surface area (Å²) in [4.78, 5) is 0. The van der Waals surface area contributed by atoms with Gasteiger partial charge in [0.15, 0.2) is 0 Å². The molecular weight excluding hydrogens is 265 g/mol. The second-order valence-electron chi connectivity index (χ2n) is 3.71. The highest BCUT2D eigenvalue weighted by molar-refractivity contribution is 9.11. The van der Waals surface area contributed by atoms with Crippen molar-refractivity contribution in [3.05, 3.63) is 0 Å². The summed E-state index contributed by atoms with van der Waals surface area (Å²) in [5.41, 5.74) is 0. The van der Waals surface area contributed by atoms with Crippen molar-refractivity contribution in [1.29, 1.82) is 0 Å². The van der Waals surface area contributed by atoms with E-state index in [1.54, 1.807) is 0 Å². The molecular formula is C4H9P7-2. The van der Waals surface area contributed by atoms with Crippen LogP contribution in [0.1, 0.15) is 20.8 Å². The van der Waals surface area contributed by atoms with Crippen molar-refractivity contribution in [2.45, 2.75) is 25.9 Å². The average molecular weight is 274 g/mol. The Hall–Kier alpha value is 2.10. The Kier molecular flexibility index (Phi) is 1.81. The molecule has 0 nitrogen and oxygen atoms in total. The molecule has 4 bridgehead atoms.